The summed E-state index contributed by atoms with van der Waals surface area (Å²) in [5.41, 5.74) is 1.86. The Hall–Kier alpha value is -2.81. The summed E-state index contributed by atoms with van der Waals surface area (Å²) in [5, 5.41) is 14.5. The van der Waals surface area contributed by atoms with Gasteiger partial charge in [-0.3, -0.25) is 18.9 Å². The zero-order chi connectivity index (χ0) is 21.6. The second kappa shape index (κ2) is 10.00. The van der Waals surface area contributed by atoms with E-state index >= 15 is 0 Å². The number of nitrogens with zero attached hydrogens (tertiary/aromatic N) is 4. The normalized spacial score (nSPS) is 16.8. The van der Waals surface area contributed by atoms with Crippen LogP contribution < -0.4 is 5.76 Å². The summed E-state index contributed by atoms with van der Waals surface area (Å²) in [7, 11) is 0. The first-order valence-electron chi connectivity index (χ1n) is 10.6. The van der Waals surface area contributed by atoms with Gasteiger partial charge in [0.2, 0.25) is 0 Å². The number of benzene rings is 2. The number of hydrogen-bond donors (Lipinski definition) is 1. The van der Waals surface area contributed by atoms with Gasteiger partial charge in [0.25, 0.3) is 0 Å². The van der Waals surface area contributed by atoms with Crippen molar-refractivity contribution in [2.24, 2.45) is 0 Å². The zero-order valence-electron chi connectivity index (χ0n) is 17.4. The molecule has 3 aromatic rings. The highest BCUT2D eigenvalue weighted by atomic mass is 19.1. The van der Waals surface area contributed by atoms with Crippen LogP contribution in [0.15, 0.2) is 63.9 Å². The van der Waals surface area contributed by atoms with Crippen LogP contribution in [0.3, 0.4) is 0 Å². The Bertz CT molecular complexity index is 1020. The fraction of sp³-hybridized carbons (Fsp3) is 0.391. The smallest absolute Gasteiger partial charge is 0.390 e. The molecule has 0 bridgehead atoms. The third kappa shape index (κ3) is 5.66. The summed E-state index contributed by atoms with van der Waals surface area (Å²) in [6.07, 6.45) is 0.263. The molecule has 0 spiro atoms. The Morgan fingerprint density at radius 2 is 1.68 bits per heavy atom. The zero-order valence-corrected chi connectivity index (χ0v) is 17.4. The van der Waals surface area contributed by atoms with Crippen LogP contribution in [0, 0.1) is 5.82 Å². The summed E-state index contributed by atoms with van der Waals surface area (Å²) in [5.74, 6) is -0.368. The van der Waals surface area contributed by atoms with E-state index in [9.17, 15) is 14.3 Å². The molecule has 1 aliphatic rings. The van der Waals surface area contributed by atoms with E-state index < -0.39 is 11.9 Å². The molecule has 0 amide bonds. The Morgan fingerprint density at radius 1 is 0.968 bits per heavy atom. The van der Waals surface area contributed by atoms with Crippen molar-refractivity contribution in [3.05, 3.63) is 76.5 Å². The lowest BCUT2D eigenvalue weighted by Crippen LogP contribution is -2.38. The number of aliphatic hydroxyl groups is 1. The molecule has 0 saturated carbocycles. The molecule has 31 heavy (non-hydrogen) atoms. The van der Waals surface area contributed by atoms with Crippen LogP contribution in [0.4, 0.5) is 4.39 Å². The highest BCUT2D eigenvalue weighted by molar-refractivity contribution is 5.54. The molecule has 2 aromatic carbocycles. The van der Waals surface area contributed by atoms with Crippen molar-refractivity contribution >= 4 is 0 Å². The summed E-state index contributed by atoms with van der Waals surface area (Å²) < 4.78 is 19.3. The van der Waals surface area contributed by atoms with Crippen LogP contribution in [-0.4, -0.2) is 63.5 Å². The maximum Gasteiger partial charge on any atom is 0.441 e. The summed E-state index contributed by atoms with van der Waals surface area (Å²) in [4.78, 5) is 16.7. The van der Waals surface area contributed by atoms with Gasteiger partial charge >= 0.3 is 5.76 Å². The maximum atomic E-state index is 13.1. The van der Waals surface area contributed by atoms with Crippen molar-refractivity contribution in [1.82, 2.24) is 19.5 Å². The lowest BCUT2D eigenvalue weighted by molar-refractivity contribution is 0.0977. The van der Waals surface area contributed by atoms with E-state index in [0.717, 1.165) is 50.3 Å². The number of aromatic nitrogens is 2. The van der Waals surface area contributed by atoms with Gasteiger partial charge in [0.05, 0.1) is 12.6 Å². The predicted molar refractivity (Wildman–Crippen MR) is 115 cm³/mol. The van der Waals surface area contributed by atoms with Gasteiger partial charge in [0, 0.05) is 31.7 Å². The third-order valence-electron chi connectivity index (χ3n) is 5.58. The van der Waals surface area contributed by atoms with Gasteiger partial charge in [0.15, 0.2) is 5.82 Å². The van der Waals surface area contributed by atoms with E-state index in [1.807, 2.05) is 42.5 Å². The van der Waals surface area contributed by atoms with Crippen molar-refractivity contribution < 1.29 is 14.0 Å². The van der Waals surface area contributed by atoms with Crippen molar-refractivity contribution in [2.75, 3.05) is 32.7 Å². The molecule has 1 saturated heterocycles. The van der Waals surface area contributed by atoms with E-state index in [2.05, 4.69) is 15.0 Å². The van der Waals surface area contributed by atoms with E-state index in [-0.39, 0.29) is 12.4 Å². The highest BCUT2D eigenvalue weighted by Gasteiger charge is 2.20. The van der Waals surface area contributed by atoms with E-state index in [1.54, 1.807) is 0 Å². The molecule has 1 atom stereocenters. The van der Waals surface area contributed by atoms with Gasteiger partial charge in [-0.15, -0.1) is 0 Å². The average Bonchev–Trinajstić information content (AvgIpc) is 2.99. The fourth-order valence-corrected chi connectivity index (χ4v) is 4.00. The lowest BCUT2D eigenvalue weighted by atomic mass is 10.2. The predicted octanol–water partition coefficient (Wildman–Crippen LogP) is 2.21. The van der Waals surface area contributed by atoms with Crippen LogP contribution in [0.1, 0.15) is 12.0 Å². The molecule has 1 N–H and O–H groups in total. The molecular weight excluding hydrogens is 399 g/mol. The molecular formula is C23H27FN4O3. The molecule has 164 valence electrons. The molecule has 7 nitrogen and oxygen atoms in total. The quantitative estimate of drug-likeness (QED) is 0.625. The summed E-state index contributed by atoms with van der Waals surface area (Å²) in [6.45, 7) is 4.90. The Morgan fingerprint density at radius 3 is 2.45 bits per heavy atom. The maximum absolute atomic E-state index is 13.1. The van der Waals surface area contributed by atoms with Gasteiger partial charge in [-0.05, 0) is 37.2 Å². The molecule has 1 fully saturated rings. The minimum absolute atomic E-state index is 0.127. The molecule has 0 radical (unpaired) electrons. The number of rotatable bonds is 7. The molecule has 1 aromatic heterocycles. The lowest BCUT2D eigenvalue weighted by Gasteiger charge is -2.24. The molecule has 0 aliphatic carbocycles. The number of halogens is 1. The molecule has 4 rings (SSSR count). The second-order valence-corrected chi connectivity index (χ2v) is 7.96. The van der Waals surface area contributed by atoms with Crippen LogP contribution in [0.25, 0.3) is 11.4 Å². The number of β-amino-alcohol motifs (C(OH)–C–C–N with tert-alkyl or cyclic N) is 1. The Kier molecular flexibility index (Phi) is 6.91. The van der Waals surface area contributed by atoms with Gasteiger partial charge in [-0.2, -0.15) is 0 Å². The van der Waals surface area contributed by atoms with Crippen molar-refractivity contribution in [2.45, 2.75) is 25.6 Å². The van der Waals surface area contributed by atoms with Crippen LogP contribution in [0.5, 0.6) is 0 Å². The van der Waals surface area contributed by atoms with E-state index in [0.29, 0.717) is 12.4 Å². The first kappa shape index (κ1) is 21.4. The minimum atomic E-state index is -0.719. The van der Waals surface area contributed by atoms with Gasteiger partial charge in [0.1, 0.15) is 5.82 Å². The summed E-state index contributed by atoms with van der Waals surface area (Å²) in [6, 6.07) is 16.0. The monoisotopic (exact) mass is 426 g/mol. The average molecular weight is 426 g/mol. The van der Waals surface area contributed by atoms with Crippen molar-refractivity contribution in [1.29, 1.82) is 0 Å². The standard InChI is InChI=1S/C23H27FN4O3/c24-20-9-7-18(8-10-20)15-26-11-4-12-27(14-13-26)16-21(29)17-28-22(25-31-23(28)30)19-5-2-1-3-6-19/h1-3,5-10,21,29H,4,11-17H2. The number of aliphatic hydroxyl groups excluding tert-OH is 1. The minimum Gasteiger partial charge on any atom is -0.390 e. The third-order valence-corrected chi connectivity index (χ3v) is 5.58. The van der Waals surface area contributed by atoms with Crippen LogP contribution in [0.2, 0.25) is 0 Å². The summed E-state index contributed by atoms with van der Waals surface area (Å²) >= 11 is 0. The molecule has 1 unspecified atom stereocenters. The van der Waals surface area contributed by atoms with Crippen molar-refractivity contribution in [3.63, 3.8) is 0 Å². The largest absolute Gasteiger partial charge is 0.441 e. The fourth-order valence-electron chi connectivity index (χ4n) is 4.00. The Balaban J connectivity index is 1.32. The first-order valence-corrected chi connectivity index (χ1v) is 10.6. The van der Waals surface area contributed by atoms with Crippen molar-refractivity contribution in [3.8, 4) is 11.4 Å². The topological polar surface area (TPSA) is 74.7 Å². The highest BCUT2D eigenvalue weighted by Crippen LogP contribution is 2.16. The first-order chi connectivity index (χ1) is 15.1. The molecule has 1 aliphatic heterocycles. The van der Waals surface area contributed by atoms with Gasteiger partial charge in [-0.1, -0.05) is 47.6 Å². The Labute approximate surface area is 180 Å². The second-order valence-electron chi connectivity index (χ2n) is 7.96. The SMILES string of the molecule is O=c1onc(-c2ccccc2)n1CC(O)CN1CCCN(Cc2ccc(F)cc2)CC1. The molecule has 8 heteroatoms. The number of hydrogen-bond acceptors (Lipinski definition) is 6. The molecule has 2 heterocycles. The van der Waals surface area contributed by atoms with E-state index in [4.69, 9.17) is 4.52 Å². The van der Waals surface area contributed by atoms with Gasteiger partial charge in [-0.25, -0.2) is 9.18 Å². The van der Waals surface area contributed by atoms with Crippen LogP contribution in [-0.2, 0) is 13.1 Å². The van der Waals surface area contributed by atoms with Gasteiger partial charge < -0.3 is 5.11 Å². The van der Waals surface area contributed by atoms with E-state index in [1.165, 1.54) is 16.7 Å². The van der Waals surface area contributed by atoms with Crippen LogP contribution >= 0.6 is 0 Å².